The molecular weight excluding hydrogens is 591 g/mol. The molecule has 0 fully saturated rings. The number of benzene rings is 9. The van der Waals surface area contributed by atoms with Crippen LogP contribution >= 0.6 is 0 Å². The first-order valence-corrected chi connectivity index (χ1v) is 17.1. The van der Waals surface area contributed by atoms with Crippen LogP contribution in [0.5, 0.6) is 0 Å². The number of hydrogen-bond donors (Lipinski definition) is 0. The van der Waals surface area contributed by atoms with Crippen molar-refractivity contribution in [1.29, 1.82) is 0 Å². The SMILES string of the molecule is c1ccc2c(c1)B1c3cc(-n4c5ccccc5c5ccccc54)ccc3-c3cccc(c31)N2c1ccc2ccc3cccc4ccc1c2c34. The van der Waals surface area contributed by atoms with Crippen LogP contribution in [0.15, 0.2) is 164 Å². The van der Waals surface area contributed by atoms with Crippen LogP contribution in [-0.2, 0) is 0 Å². The van der Waals surface area contributed by atoms with E-state index in [9.17, 15) is 0 Å². The first-order valence-electron chi connectivity index (χ1n) is 17.1. The molecule has 0 amide bonds. The zero-order valence-electron chi connectivity index (χ0n) is 26.6. The number of anilines is 3. The third-order valence-electron chi connectivity index (χ3n) is 11.3. The molecule has 0 saturated carbocycles. The maximum Gasteiger partial charge on any atom is 0.248 e. The number of fused-ring (bicyclic) bond motifs is 8. The van der Waals surface area contributed by atoms with Crippen molar-refractivity contribution in [3.8, 4) is 16.8 Å². The molecular formula is C46H27BN2. The van der Waals surface area contributed by atoms with E-state index in [0.29, 0.717) is 0 Å². The van der Waals surface area contributed by atoms with Crippen LogP contribution < -0.4 is 21.3 Å². The normalized spacial score (nSPS) is 13.2. The van der Waals surface area contributed by atoms with Crippen LogP contribution in [0.1, 0.15) is 0 Å². The van der Waals surface area contributed by atoms with Crippen LogP contribution in [0, 0.1) is 0 Å². The van der Waals surface area contributed by atoms with Gasteiger partial charge in [-0.3, -0.25) is 0 Å². The Hall–Kier alpha value is -6.32. The molecule has 0 bridgehead atoms. The van der Waals surface area contributed by atoms with Gasteiger partial charge in [-0.15, -0.1) is 0 Å². The van der Waals surface area contributed by atoms with Crippen molar-refractivity contribution in [2.45, 2.75) is 0 Å². The molecule has 9 aromatic carbocycles. The molecule has 1 aromatic heterocycles. The third kappa shape index (κ3) is 3.22. The predicted octanol–water partition coefficient (Wildman–Crippen LogP) is 9.96. The number of para-hydroxylation sites is 3. The van der Waals surface area contributed by atoms with Gasteiger partial charge in [0.2, 0.25) is 6.71 Å². The summed E-state index contributed by atoms with van der Waals surface area (Å²) in [6.45, 7) is 0.154. The highest BCUT2D eigenvalue weighted by atomic mass is 15.2. The molecule has 49 heavy (non-hydrogen) atoms. The number of nitrogens with zero attached hydrogens (tertiary/aromatic N) is 2. The van der Waals surface area contributed by atoms with Crippen molar-refractivity contribution in [3.63, 3.8) is 0 Å². The Morgan fingerprint density at radius 1 is 0.388 bits per heavy atom. The first-order chi connectivity index (χ1) is 24.3. The van der Waals surface area contributed by atoms with Crippen LogP contribution in [0.4, 0.5) is 17.1 Å². The minimum atomic E-state index is 0.154. The molecule has 0 spiro atoms. The fraction of sp³-hybridized carbons (Fsp3) is 0. The summed E-state index contributed by atoms with van der Waals surface area (Å²) in [5.74, 6) is 0. The standard InChI is InChI=1S/C46H27BN2/c1-4-15-39-33(11-1)34-12-2-5-16-40(34)48(39)31-23-25-32-35-13-8-18-43-46(35)47(38(32)27-31)37-14-3-6-17-42(37)49(43)41-26-22-30-20-19-28-9-7-10-29-21-24-36(41)45(30)44(28)29/h1-27H. The third-order valence-corrected chi connectivity index (χ3v) is 11.3. The zero-order valence-corrected chi connectivity index (χ0v) is 26.6. The first kappa shape index (κ1) is 25.7. The minimum Gasteiger partial charge on any atom is -0.311 e. The van der Waals surface area contributed by atoms with Crippen molar-refractivity contribution in [1.82, 2.24) is 4.57 Å². The average Bonchev–Trinajstić information content (AvgIpc) is 3.68. The van der Waals surface area contributed by atoms with Gasteiger partial charge >= 0.3 is 0 Å². The summed E-state index contributed by atoms with van der Waals surface area (Å²) in [5.41, 5.74) is 14.2. The Morgan fingerprint density at radius 2 is 1.04 bits per heavy atom. The molecule has 0 aliphatic carbocycles. The Labute approximate surface area is 283 Å². The summed E-state index contributed by atoms with van der Waals surface area (Å²) in [7, 11) is 0. The fourth-order valence-electron chi connectivity index (χ4n) is 9.38. The summed E-state index contributed by atoms with van der Waals surface area (Å²) >= 11 is 0. The van der Waals surface area contributed by atoms with E-state index < -0.39 is 0 Å². The highest BCUT2D eigenvalue weighted by Crippen LogP contribution is 2.46. The molecule has 2 nitrogen and oxygen atoms in total. The van der Waals surface area contributed by atoms with Gasteiger partial charge in [0.05, 0.1) is 16.7 Å². The van der Waals surface area contributed by atoms with Crippen molar-refractivity contribution in [2.24, 2.45) is 0 Å². The minimum absolute atomic E-state index is 0.154. The highest BCUT2D eigenvalue weighted by molar-refractivity contribution is 7.01. The lowest BCUT2D eigenvalue weighted by atomic mass is 9.37. The van der Waals surface area contributed by atoms with E-state index in [1.54, 1.807) is 0 Å². The van der Waals surface area contributed by atoms with Crippen LogP contribution in [0.2, 0.25) is 0 Å². The molecule has 224 valence electrons. The monoisotopic (exact) mass is 618 g/mol. The van der Waals surface area contributed by atoms with E-state index in [0.717, 1.165) is 0 Å². The summed E-state index contributed by atoms with van der Waals surface area (Å²) in [4.78, 5) is 2.54. The fourth-order valence-corrected chi connectivity index (χ4v) is 9.38. The largest absolute Gasteiger partial charge is 0.311 e. The van der Waals surface area contributed by atoms with E-state index in [4.69, 9.17) is 0 Å². The molecule has 0 unspecified atom stereocenters. The van der Waals surface area contributed by atoms with Crippen molar-refractivity contribution in [3.05, 3.63) is 164 Å². The Bertz CT molecular complexity index is 2960. The van der Waals surface area contributed by atoms with Gasteiger partial charge in [-0.2, -0.15) is 0 Å². The maximum atomic E-state index is 2.54. The van der Waals surface area contributed by atoms with E-state index in [1.807, 2.05) is 0 Å². The molecule has 0 atom stereocenters. The molecule has 12 rings (SSSR count). The van der Waals surface area contributed by atoms with Crippen LogP contribution in [-0.4, -0.2) is 11.3 Å². The predicted molar refractivity (Wildman–Crippen MR) is 209 cm³/mol. The van der Waals surface area contributed by atoms with E-state index in [1.165, 1.54) is 104 Å². The van der Waals surface area contributed by atoms with Gasteiger partial charge in [0.25, 0.3) is 0 Å². The summed E-state index contributed by atoms with van der Waals surface area (Å²) in [6.07, 6.45) is 0. The molecule has 0 saturated heterocycles. The number of aromatic nitrogens is 1. The van der Waals surface area contributed by atoms with Gasteiger partial charge < -0.3 is 9.47 Å². The molecule has 0 N–H and O–H groups in total. The van der Waals surface area contributed by atoms with Gasteiger partial charge in [0.1, 0.15) is 0 Å². The highest BCUT2D eigenvalue weighted by Gasteiger charge is 2.42. The zero-order chi connectivity index (χ0) is 31.8. The quantitative estimate of drug-likeness (QED) is 0.138. The molecule has 0 radical (unpaired) electrons. The van der Waals surface area contributed by atoms with Crippen molar-refractivity contribution >= 4 is 94.3 Å². The van der Waals surface area contributed by atoms with Gasteiger partial charge in [-0.25, -0.2) is 0 Å². The lowest BCUT2D eigenvalue weighted by Gasteiger charge is -2.36. The second kappa shape index (κ2) is 9.18. The number of rotatable bonds is 2. The summed E-state index contributed by atoms with van der Waals surface area (Å²) < 4.78 is 2.45. The van der Waals surface area contributed by atoms with Crippen LogP contribution in [0.25, 0.3) is 70.9 Å². The lowest BCUT2D eigenvalue weighted by Crippen LogP contribution is -2.54. The second-order valence-electron chi connectivity index (χ2n) is 13.6. The molecule has 2 aliphatic rings. The Morgan fingerprint density at radius 3 is 1.86 bits per heavy atom. The molecule has 10 aromatic rings. The molecule has 2 aliphatic heterocycles. The molecule has 3 heterocycles. The maximum absolute atomic E-state index is 2.54. The Kier molecular flexibility index (Phi) is 4.82. The molecule has 3 heteroatoms. The van der Waals surface area contributed by atoms with Gasteiger partial charge in [-0.1, -0.05) is 127 Å². The van der Waals surface area contributed by atoms with Gasteiger partial charge in [-0.05, 0) is 91.4 Å². The van der Waals surface area contributed by atoms with Crippen molar-refractivity contribution in [2.75, 3.05) is 4.90 Å². The summed E-state index contributed by atoms with van der Waals surface area (Å²) in [5, 5.41) is 10.4. The van der Waals surface area contributed by atoms with Gasteiger partial charge in [0.15, 0.2) is 0 Å². The van der Waals surface area contributed by atoms with E-state index in [2.05, 4.69) is 173 Å². The average molecular weight is 619 g/mol. The van der Waals surface area contributed by atoms with Crippen LogP contribution in [0.3, 0.4) is 0 Å². The van der Waals surface area contributed by atoms with Crippen molar-refractivity contribution < 1.29 is 0 Å². The lowest BCUT2D eigenvalue weighted by molar-refractivity contribution is 1.18. The van der Waals surface area contributed by atoms with E-state index >= 15 is 0 Å². The smallest absolute Gasteiger partial charge is 0.248 e. The second-order valence-corrected chi connectivity index (χ2v) is 13.6. The van der Waals surface area contributed by atoms with Gasteiger partial charge in [0, 0.05) is 33.2 Å². The van der Waals surface area contributed by atoms with E-state index in [-0.39, 0.29) is 6.71 Å². The number of hydrogen-bond acceptors (Lipinski definition) is 1. The summed E-state index contributed by atoms with van der Waals surface area (Å²) in [6, 6.07) is 61.2. The topological polar surface area (TPSA) is 8.17 Å². The Balaban J connectivity index is 1.11.